The van der Waals surface area contributed by atoms with E-state index in [1.165, 1.54) is 4.68 Å². The maximum absolute atomic E-state index is 14.0. The molecule has 5 aromatic rings. The van der Waals surface area contributed by atoms with Crippen molar-refractivity contribution in [2.75, 3.05) is 31.1 Å². The Morgan fingerprint density at radius 1 is 0.889 bits per heavy atom. The van der Waals surface area contributed by atoms with Crippen LogP contribution in [-0.2, 0) is 7.05 Å². The third-order valence-corrected chi connectivity index (χ3v) is 6.96. The first kappa shape index (κ1) is 22.0. The van der Waals surface area contributed by atoms with E-state index >= 15 is 0 Å². The summed E-state index contributed by atoms with van der Waals surface area (Å²) in [6.07, 6.45) is 1.78. The molecule has 1 aliphatic heterocycles. The van der Waals surface area contributed by atoms with Gasteiger partial charge in [-0.15, -0.1) is 0 Å². The SMILES string of the molecule is Cc1ccc(-n2nc(C(=O)N3CCN(c4ccccn4)CC3)c3c4ccccc4n(C)c3c2=O)cc1. The topological polar surface area (TPSA) is 76.3 Å². The number of rotatable bonds is 3. The molecule has 4 heterocycles. The van der Waals surface area contributed by atoms with E-state index in [2.05, 4.69) is 15.0 Å². The Balaban J connectivity index is 1.47. The van der Waals surface area contributed by atoms with Gasteiger partial charge < -0.3 is 14.4 Å². The summed E-state index contributed by atoms with van der Waals surface area (Å²) in [5.74, 6) is 0.741. The first-order chi connectivity index (χ1) is 17.5. The second kappa shape index (κ2) is 8.64. The number of anilines is 1. The van der Waals surface area contributed by atoms with Crippen LogP contribution in [-0.4, -0.2) is 56.3 Å². The molecule has 2 aromatic carbocycles. The molecular weight excluding hydrogens is 452 g/mol. The van der Waals surface area contributed by atoms with Gasteiger partial charge in [-0.05, 0) is 37.3 Å². The number of pyridine rings is 1. The highest BCUT2D eigenvalue weighted by Crippen LogP contribution is 2.29. The average Bonchev–Trinajstić information content (AvgIpc) is 3.23. The average molecular weight is 479 g/mol. The Kier molecular flexibility index (Phi) is 5.29. The molecule has 0 bridgehead atoms. The number of carbonyl (C=O) groups is 1. The predicted molar refractivity (Wildman–Crippen MR) is 141 cm³/mol. The van der Waals surface area contributed by atoms with Gasteiger partial charge in [0.2, 0.25) is 0 Å². The van der Waals surface area contributed by atoms with Gasteiger partial charge in [0.1, 0.15) is 11.3 Å². The molecule has 1 amide bonds. The summed E-state index contributed by atoms with van der Waals surface area (Å²) in [6.45, 7) is 4.45. The predicted octanol–water partition coefficient (Wildman–Crippen LogP) is 3.54. The van der Waals surface area contributed by atoms with E-state index in [9.17, 15) is 9.59 Å². The van der Waals surface area contributed by atoms with E-state index in [1.54, 1.807) is 6.20 Å². The molecule has 0 atom stereocenters. The zero-order chi connectivity index (χ0) is 24.8. The molecule has 3 aromatic heterocycles. The fourth-order valence-corrected chi connectivity index (χ4v) is 5.02. The number of aryl methyl sites for hydroxylation is 2. The zero-order valence-electron chi connectivity index (χ0n) is 20.3. The largest absolute Gasteiger partial charge is 0.353 e. The van der Waals surface area contributed by atoms with Gasteiger partial charge in [0.05, 0.1) is 5.69 Å². The molecule has 0 N–H and O–H groups in total. The number of hydrogen-bond acceptors (Lipinski definition) is 5. The summed E-state index contributed by atoms with van der Waals surface area (Å²) in [7, 11) is 1.87. The number of hydrogen-bond donors (Lipinski definition) is 0. The minimum atomic E-state index is -0.246. The lowest BCUT2D eigenvalue weighted by molar-refractivity contribution is 0.0741. The Bertz CT molecular complexity index is 1650. The van der Waals surface area contributed by atoms with Crippen molar-refractivity contribution in [1.82, 2.24) is 24.2 Å². The van der Waals surface area contributed by atoms with Gasteiger partial charge in [0.25, 0.3) is 11.5 Å². The van der Waals surface area contributed by atoms with Crippen LogP contribution in [0.1, 0.15) is 16.1 Å². The molecule has 180 valence electrons. The number of nitrogens with zero attached hydrogens (tertiary/aromatic N) is 6. The Hall–Kier alpha value is -4.46. The second-order valence-electron chi connectivity index (χ2n) is 9.17. The van der Waals surface area contributed by atoms with Gasteiger partial charge in [-0.3, -0.25) is 9.59 Å². The molecule has 36 heavy (non-hydrogen) atoms. The number of fused-ring (bicyclic) bond motifs is 3. The lowest BCUT2D eigenvalue weighted by Crippen LogP contribution is -2.49. The fourth-order valence-electron chi connectivity index (χ4n) is 5.02. The monoisotopic (exact) mass is 478 g/mol. The molecule has 0 saturated carbocycles. The molecule has 1 fully saturated rings. The van der Waals surface area contributed by atoms with Crippen LogP contribution in [0.4, 0.5) is 5.82 Å². The summed E-state index contributed by atoms with van der Waals surface area (Å²) in [6, 6.07) is 21.2. The molecule has 0 radical (unpaired) electrons. The fraction of sp³-hybridized carbons (Fsp3) is 0.214. The Labute approximate surface area is 208 Å². The van der Waals surface area contributed by atoms with Crippen LogP contribution in [0.3, 0.4) is 0 Å². The highest BCUT2D eigenvalue weighted by molar-refractivity contribution is 6.16. The van der Waals surface area contributed by atoms with Crippen LogP contribution in [0.15, 0.2) is 77.7 Å². The molecule has 0 aliphatic carbocycles. The maximum Gasteiger partial charge on any atom is 0.296 e. The van der Waals surface area contributed by atoms with Gasteiger partial charge >= 0.3 is 0 Å². The maximum atomic E-state index is 14.0. The van der Waals surface area contributed by atoms with Crippen molar-refractivity contribution in [3.63, 3.8) is 0 Å². The van der Waals surface area contributed by atoms with Crippen LogP contribution in [0, 0.1) is 6.92 Å². The molecule has 6 rings (SSSR count). The van der Waals surface area contributed by atoms with E-state index in [0.29, 0.717) is 48.5 Å². The summed E-state index contributed by atoms with van der Waals surface area (Å²) < 4.78 is 3.23. The van der Waals surface area contributed by atoms with E-state index < -0.39 is 0 Å². The van der Waals surface area contributed by atoms with Crippen LogP contribution >= 0.6 is 0 Å². The van der Waals surface area contributed by atoms with Crippen LogP contribution in [0.5, 0.6) is 0 Å². The van der Waals surface area contributed by atoms with Crippen molar-refractivity contribution >= 4 is 33.5 Å². The van der Waals surface area contributed by atoms with E-state index in [-0.39, 0.29) is 11.5 Å². The normalized spacial score (nSPS) is 14.1. The van der Waals surface area contributed by atoms with Crippen molar-refractivity contribution in [1.29, 1.82) is 0 Å². The van der Waals surface area contributed by atoms with Gasteiger partial charge in [-0.25, -0.2) is 4.98 Å². The van der Waals surface area contributed by atoms with E-state index in [1.807, 2.05) is 90.2 Å². The molecule has 8 nitrogen and oxygen atoms in total. The number of piperazine rings is 1. The summed E-state index contributed by atoms with van der Waals surface area (Å²) in [4.78, 5) is 36.1. The van der Waals surface area contributed by atoms with Crippen molar-refractivity contribution in [2.45, 2.75) is 6.92 Å². The third kappa shape index (κ3) is 3.53. The second-order valence-corrected chi connectivity index (χ2v) is 9.17. The summed E-state index contributed by atoms with van der Waals surface area (Å²) >= 11 is 0. The minimum absolute atomic E-state index is 0.169. The number of aromatic nitrogens is 4. The lowest BCUT2D eigenvalue weighted by atomic mass is 10.1. The highest BCUT2D eigenvalue weighted by Gasteiger charge is 2.29. The molecular formula is C28H26N6O2. The zero-order valence-corrected chi connectivity index (χ0v) is 20.3. The van der Waals surface area contributed by atoms with Gasteiger partial charge in [-0.1, -0.05) is 42.0 Å². The number of carbonyl (C=O) groups excluding carboxylic acids is 1. The summed E-state index contributed by atoms with van der Waals surface area (Å²) in [5.41, 5.74) is 3.13. The first-order valence-electron chi connectivity index (χ1n) is 12.1. The molecule has 0 spiro atoms. The molecule has 8 heteroatoms. The van der Waals surface area contributed by atoms with E-state index in [4.69, 9.17) is 0 Å². The third-order valence-electron chi connectivity index (χ3n) is 6.96. The highest BCUT2D eigenvalue weighted by atomic mass is 16.2. The Morgan fingerprint density at radius 3 is 2.33 bits per heavy atom. The number of para-hydroxylation sites is 1. The van der Waals surface area contributed by atoms with Gasteiger partial charge in [0, 0.05) is 55.7 Å². The number of amides is 1. The standard InChI is InChI=1S/C28H26N6O2/c1-19-10-12-20(13-11-19)34-28(36)26-24(21-7-3-4-8-22(21)31(26)2)25(30-34)27(35)33-17-15-32(16-18-33)23-9-5-6-14-29-23/h3-14H,15-18H2,1-2H3. The van der Waals surface area contributed by atoms with Crippen LogP contribution < -0.4 is 10.5 Å². The smallest absolute Gasteiger partial charge is 0.296 e. The lowest BCUT2D eigenvalue weighted by Gasteiger charge is -2.35. The van der Waals surface area contributed by atoms with Crippen molar-refractivity contribution < 1.29 is 4.79 Å². The van der Waals surface area contributed by atoms with Crippen molar-refractivity contribution in [2.24, 2.45) is 7.05 Å². The van der Waals surface area contributed by atoms with Gasteiger partial charge in [0.15, 0.2) is 5.69 Å². The van der Waals surface area contributed by atoms with Crippen LogP contribution in [0.2, 0.25) is 0 Å². The molecule has 0 unspecified atom stereocenters. The minimum Gasteiger partial charge on any atom is -0.353 e. The summed E-state index contributed by atoms with van der Waals surface area (Å²) in [5, 5.41) is 6.15. The first-order valence-corrected chi connectivity index (χ1v) is 12.1. The molecule has 1 saturated heterocycles. The van der Waals surface area contributed by atoms with Crippen LogP contribution in [0.25, 0.3) is 27.5 Å². The van der Waals surface area contributed by atoms with Crippen molar-refractivity contribution in [3.05, 3.63) is 94.5 Å². The van der Waals surface area contributed by atoms with E-state index in [0.717, 1.165) is 22.3 Å². The number of benzene rings is 2. The molecule has 1 aliphatic rings. The Morgan fingerprint density at radius 2 is 1.61 bits per heavy atom. The quantitative estimate of drug-likeness (QED) is 0.397. The van der Waals surface area contributed by atoms with Crippen molar-refractivity contribution in [3.8, 4) is 5.69 Å². The van der Waals surface area contributed by atoms with Gasteiger partial charge in [-0.2, -0.15) is 9.78 Å².